The van der Waals surface area contributed by atoms with Crippen LogP contribution >= 0.6 is 0 Å². The number of amides is 1. The molecule has 0 aliphatic rings. The second-order valence-electron chi connectivity index (χ2n) is 6.01. The van der Waals surface area contributed by atoms with Crippen LogP contribution in [-0.4, -0.2) is 15.9 Å². The molecular weight excluding hydrogens is 322 g/mol. The lowest BCUT2D eigenvalue weighted by Crippen LogP contribution is -2.12. The number of hydrogen-bond donors (Lipinski definition) is 2. The van der Waals surface area contributed by atoms with Crippen molar-refractivity contribution in [3.63, 3.8) is 0 Å². The number of fused-ring (bicyclic) bond motifs is 1. The third-order valence-electron chi connectivity index (χ3n) is 4.35. The predicted octanol–water partition coefficient (Wildman–Crippen LogP) is 4.26. The second kappa shape index (κ2) is 6.69. The molecule has 4 aromatic rings. The number of nitrogens with two attached hydrogens (primary N) is 1. The lowest BCUT2D eigenvalue weighted by molar-refractivity contribution is -0.112. The number of rotatable bonds is 4. The van der Waals surface area contributed by atoms with Gasteiger partial charge < -0.3 is 10.7 Å². The van der Waals surface area contributed by atoms with E-state index in [2.05, 4.69) is 22.1 Å². The van der Waals surface area contributed by atoms with Crippen LogP contribution < -0.4 is 5.73 Å². The van der Waals surface area contributed by atoms with Crippen molar-refractivity contribution >= 4 is 28.6 Å². The summed E-state index contributed by atoms with van der Waals surface area (Å²) in [5, 5.41) is 0.951. The van der Waals surface area contributed by atoms with Gasteiger partial charge in [-0.1, -0.05) is 54.6 Å². The molecule has 4 nitrogen and oxygen atoms in total. The first-order valence-electron chi connectivity index (χ1n) is 8.32. The quantitative estimate of drug-likeness (QED) is 0.545. The SMILES string of the molecule is NC(=O)C(=Cc1c[nH]c2ncccc12)c1ccc(-c2ccccc2)cc1. The van der Waals surface area contributed by atoms with Crippen LogP contribution in [0.5, 0.6) is 0 Å². The molecule has 4 rings (SSSR count). The Labute approximate surface area is 151 Å². The fourth-order valence-electron chi connectivity index (χ4n) is 3.02. The minimum absolute atomic E-state index is 0.462. The number of carbonyl (C=O) groups is 1. The first-order chi connectivity index (χ1) is 12.7. The number of hydrogen-bond acceptors (Lipinski definition) is 2. The molecule has 0 atom stereocenters. The van der Waals surface area contributed by atoms with Gasteiger partial charge in [-0.15, -0.1) is 0 Å². The predicted molar refractivity (Wildman–Crippen MR) is 105 cm³/mol. The average molecular weight is 339 g/mol. The van der Waals surface area contributed by atoms with Gasteiger partial charge in [0.25, 0.3) is 0 Å². The maximum absolute atomic E-state index is 12.0. The number of aromatic nitrogens is 2. The summed E-state index contributed by atoms with van der Waals surface area (Å²) in [6.07, 6.45) is 5.36. The normalized spacial score (nSPS) is 11.6. The van der Waals surface area contributed by atoms with Crippen molar-refractivity contribution in [2.45, 2.75) is 0 Å². The van der Waals surface area contributed by atoms with E-state index in [1.807, 2.05) is 60.8 Å². The highest BCUT2D eigenvalue weighted by Crippen LogP contribution is 2.25. The zero-order valence-electron chi connectivity index (χ0n) is 14.0. The van der Waals surface area contributed by atoms with Crippen LogP contribution in [0, 0.1) is 0 Å². The Morgan fingerprint density at radius 2 is 1.65 bits per heavy atom. The van der Waals surface area contributed by atoms with Gasteiger partial charge in [-0.25, -0.2) is 4.98 Å². The Kier molecular flexibility index (Phi) is 4.07. The summed E-state index contributed by atoms with van der Waals surface area (Å²) in [7, 11) is 0. The molecule has 0 bridgehead atoms. The minimum Gasteiger partial charge on any atom is -0.366 e. The molecular formula is C22H17N3O. The van der Waals surface area contributed by atoms with Gasteiger partial charge in [-0.3, -0.25) is 4.79 Å². The van der Waals surface area contributed by atoms with Crippen LogP contribution in [0.3, 0.4) is 0 Å². The lowest BCUT2D eigenvalue weighted by atomic mass is 9.98. The molecule has 2 aromatic carbocycles. The first-order valence-corrected chi connectivity index (χ1v) is 8.32. The third kappa shape index (κ3) is 3.00. The molecule has 0 aliphatic heterocycles. The highest BCUT2D eigenvalue weighted by Gasteiger charge is 2.11. The van der Waals surface area contributed by atoms with Crippen molar-refractivity contribution in [3.05, 3.63) is 90.3 Å². The molecule has 3 N–H and O–H groups in total. The fourth-order valence-corrected chi connectivity index (χ4v) is 3.02. The molecule has 1 amide bonds. The van der Waals surface area contributed by atoms with Crippen molar-refractivity contribution in [2.24, 2.45) is 5.73 Å². The van der Waals surface area contributed by atoms with Gasteiger partial charge in [0, 0.05) is 28.9 Å². The first kappa shape index (κ1) is 15.8. The van der Waals surface area contributed by atoms with Crippen molar-refractivity contribution in [3.8, 4) is 11.1 Å². The number of carbonyl (C=O) groups excluding carboxylic acids is 1. The number of benzene rings is 2. The smallest absolute Gasteiger partial charge is 0.249 e. The zero-order valence-corrected chi connectivity index (χ0v) is 14.0. The fraction of sp³-hybridized carbons (Fsp3) is 0. The zero-order chi connectivity index (χ0) is 17.9. The van der Waals surface area contributed by atoms with Crippen LogP contribution in [0.15, 0.2) is 79.1 Å². The molecule has 0 radical (unpaired) electrons. The highest BCUT2D eigenvalue weighted by molar-refractivity contribution is 6.24. The largest absolute Gasteiger partial charge is 0.366 e. The Morgan fingerprint density at radius 3 is 2.38 bits per heavy atom. The summed E-state index contributed by atoms with van der Waals surface area (Å²) >= 11 is 0. The van der Waals surface area contributed by atoms with Gasteiger partial charge in [0.15, 0.2) is 0 Å². The molecule has 26 heavy (non-hydrogen) atoms. The second-order valence-corrected chi connectivity index (χ2v) is 6.01. The summed E-state index contributed by atoms with van der Waals surface area (Å²) in [4.78, 5) is 19.4. The monoisotopic (exact) mass is 339 g/mol. The van der Waals surface area contributed by atoms with E-state index >= 15 is 0 Å². The van der Waals surface area contributed by atoms with Crippen LogP contribution in [0.4, 0.5) is 0 Å². The molecule has 0 unspecified atom stereocenters. The molecule has 0 aliphatic carbocycles. The number of aromatic amines is 1. The number of pyridine rings is 1. The number of nitrogens with one attached hydrogen (secondary N) is 1. The molecule has 0 saturated heterocycles. The van der Waals surface area contributed by atoms with Crippen LogP contribution in [0.25, 0.3) is 33.8 Å². The van der Waals surface area contributed by atoms with Crippen LogP contribution in [0.1, 0.15) is 11.1 Å². The van der Waals surface area contributed by atoms with Gasteiger partial charge in [0.05, 0.1) is 0 Å². The van der Waals surface area contributed by atoms with Crippen molar-refractivity contribution in [1.82, 2.24) is 9.97 Å². The van der Waals surface area contributed by atoms with E-state index in [0.29, 0.717) is 5.57 Å². The van der Waals surface area contributed by atoms with Gasteiger partial charge >= 0.3 is 0 Å². The molecule has 0 saturated carbocycles. The maximum atomic E-state index is 12.0. The van der Waals surface area contributed by atoms with E-state index in [4.69, 9.17) is 5.73 Å². The number of H-pyrrole nitrogens is 1. The summed E-state index contributed by atoms with van der Waals surface area (Å²) in [5.74, 6) is -0.462. The summed E-state index contributed by atoms with van der Waals surface area (Å²) < 4.78 is 0. The number of primary amides is 1. The van der Waals surface area contributed by atoms with Gasteiger partial charge in [-0.05, 0) is 34.9 Å². The highest BCUT2D eigenvalue weighted by atomic mass is 16.1. The van der Waals surface area contributed by atoms with Gasteiger partial charge in [0.1, 0.15) is 5.65 Å². The summed E-state index contributed by atoms with van der Waals surface area (Å²) in [5.41, 5.74) is 10.8. The van der Waals surface area contributed by atoms with E-state index in [-0.39, 0.29) is 0 Å². The Morgan fingerprint density at radius 1 is 0.923 bits per heavy atom. The number of nitrogens with zero attached hydrogens (tertiary/aromatic N) is 1. The van der Waals surface area contributed by atoms with Crippen molar-refractivity contribution < 1.29 is 4.79 Å². The van der Waals surface area contributed by atoms with E-state index in [1.54, 1.807) is 12.3 Å². The molecule has 0 fully saturated rings. The third-order valence-corrected chi connectivity index (χ3v) is 4.35. The Hall–Kier alpha value is -3.66. The van der Waals surface area contributed by atoms with E-state index in [9.17, 15) is 4.79 Å². The van der Waals surface area contributed by atoms with E-state index in [0.717, 1.165) is 33.3 Å². The van der Waals surface area contributed by atoms with E-state index < -0.39 is 5.91 Å². The van der Waals surface area contributed by atoms with Crippen molar-refractivity contribution in [2.75, 3.05) is 0 Å². The summed E-state index contributed by atoms with van der Waals surface area (Å²) in [6.45, 7) is 0. The molecule has 4 heteroatoms. The van der Waals surface area contributed by atoms with Crippen LogP contribution in [-0.2, 0) is 4.79 Å². The molecule has 0 spiro atoms. The topological polar surface area (TPSA) is 71.8 Å². The average Bonchev–Trinajstić information content (AvgIpc) is 3.10. The maximum Gasteiger partial charge on any atom is 0.249 e. The summed E-state index contributed by atoms with van der Waals surface area (Å²) in [6, 6.07) is 21.8. The van der Waals surface area contributed by atoms with Crippen LogP contribution in [0.2, 0.25) is 0 Å². The van der Waals surface area contributed by atoms with Gasteiger partial charge in [0.2, 0.25) is 5.91 Å². The minimum atomic E-state index is -0.462. The van der Waals surface area contributed by atoms with Gasteiger partial charge in [-0.2, -0.15) is 0 Å². The lowest BCUT2D eigenvalue weighted by Gasteiger charge is -2.06. The standard InChI is InChI=1S/C22H17N3O/c23-21(26)20(13-18-14-25-22-19(18)7-4-12-24-22)17-10-8-16(9-11-17)15-5-2-1-3-6-15/h1-14H,(H2,23,26)(H,24,25). The molecule has 2 heterocycles. The Balaban J connectivity index is 1.74. The van der Waals surface area contributed by atoms with Crippen molar-refractivity contribution in [1.29, 1.82) is 0 Å². The molecule has 126 valence electrons. The molecule has 2 aromatic heterocycles. The van der Waals surface area contributed by atoms with E-state index in [1.165, 1.54) is 0 Å². The Bertz CT molecular complexity index is 1090.